The summed E-state index contributed by atoms with van der Waals surface area (Å²) >= 11 is 0. The van der Waals surface area contributed by atoms with E-state index in [1.54, 1.807) is 0 Å². The number of H-pyrrole nitrogens is 1. The summed E-state index contributed by atoms with van der Waals surface area (Å²) in [7, 11) is 2.20. The topological polar surface area (TPSA) is 28.7 Å². The van der Waals surface area contributed by atoms with Crippen molar-refractivity contribution in [1.82, 2.24) is 9.97 Å². The molecule has 1 radical (unpaired) electrons. The molecule has 0 fully saturated rings. The molecule has 0 atom stereocenters. The van der Waals surface area contributed by atoms with Gasteiger partial charge in [0.2, 0.25) is 7.28 Å². The van der Waals surface area contributed by atoms with Crippen molar-refractivity contribution >= 4 is 13.0 Å². The fraction of sp³-hybridized carbons (Fsp3) is 0.167. The van der Waals surface area contributed by atoms with Crippen LogP contribution in [0.5, 0.6) is 0 Å². The molecule has 0 unspecified atom stereocenters. The van der Waals surface area contributed by atoms with Gasteiger partial charge in [0, 0.05) is 5.69 Å². The quantitative estimate of drug-likeness (QED) is 0.727. The number of hydrogen-bond donors (Lipinski definition) is 1. The molecule has 1 heterocycles. The molecule has 0 aliphatic heterocycles. The smallest absolute Gasteiger partial charge is 0.215 e. The predicted octanol–water partition coefficient (Wildman–Crippen LogP) is 3.15. The molecule has 0 saturated heterocycles. The van der Waals surface area contributed by atoms with Crippen molar-refractivity contribution in [2.24, 2.45) is 0 Å². The van der Waals surface area contributed by atoms with E-state index in [-0.39, 0.29) is 5.82 Å². The van der Waals surface area contributed by atoms with E-state index in [9.17, 15) is 0 Å². The molecule has 1 N–H and O–H groups in total. The van der Waals surface area contributed by atoms with Gasteiger partial charge in [0.1, 0.15) is 0 Å². The minimum absolute atomic E-state index is 0.206. The monoisotopic (exact) mass is 273 g/mol. The summed E-state index contributed by atoms with van der Waals surface area (Å²) in [6, 6.07) is 21.1. The average Bonchev–Trinajstić information content (AvgIpc) is 2.85. The van der Waals surface area contributed by atoms with Crippen LogP contribution in [0.25, 0.3) is 0 Å². The lowest BCUT2D eigenvalue weighted by Gasteiger charge is -2.16. The molecule has 2 aromatic carbocycles. The standard InChI is InChI=1S/C18H18BN2/c1-13-14(2)21-18(20-13)19-17(15-9-5-3-6-10-15)16-11-7-4-8-12-16/h3-12,17H,1-2H3,(H,20,21). The molecule has 3 heteroatoms. The summed E-state index contributed by atoms with van der Waals surface area (Å²) in [5.74, 6) is 0.206. The van der Waals surface area contributed by atoms with Crippen LogP contribution in [0, 0.1) is 13.8 Å². The number of nitrogens with one attached hydrogen (secondary N) is 1. The zero-order valence-corrected chi connectivity index (χ0v) is 12.4. The van der Waals surface area contributed by atoms with Crippen LogP contribution in [0.2, 0.25) is 0 Å². The first-order chi connectivity index (χ1) is 10.2. The second-order valence-electron chi connectivity index (χ2n) is 5.30. The minimum atomic E-state index is 0.206. The van der Waals surface area contributed by atoms with E-state index < -0.39 is 0 Å². The molecule has 0 bridgehead atoms. The number of aromatic amines is 1. The Morgan fingerprint density at radius 3 is 1.81 bits per heavy atom. The number of aromatic nitrogens is 2. The molecule has 0 saturated carbocycles. The van der Waals surface area contributed by atoms with Gasteiger partial charge < -0.3 is 4.98 Å². The van der Waals surface area contributed by atoms with Crippen LogP contribution in [0.15, 0.2) is 60.7 Å². The first kappa shape index (κ1) is 13.7. The number of hydrogen-bond acceptors (Lipinski definition) is 1. The van der Waals surface area contributed by atoms with E-state index >= 15 is 0 Å². The van der Waals surface area contributed by atoms with Crippen molar-refractivity contribution in [2.45, 2.75) is 19.7 Å². The van der Waals surface area contributed by atoms with Gasteiger partial charge in [0.05, 0.1) is 11.4 Å². The Balaban J connectivity index is 1.97. The van der Waals surface area contributed by atoms with Gasteiger partial charge in [0.25, 0.3) is 0 Å². The fourth-order valence-corrected chi connectivity index (χ4v) is 2.52. The van der Waals surface area contributed by atoms with Crippen LogP contribution in [0.1, 0.15) is 28.3 Å². The van der Waals surface area contributed by atoms with Crippen LogP contribution in [0.4, 0.5) is 0 Å². The van der Waals surface area contributed by atoms with Crippen LogP contribution >= 0.6 is 0 Å². The lowest BCUT2D eigenvalue weighted by Crippen LogP contribution is -2.26. The van der Waals surface area contributed by atoms with Gasteiger partial charge in [-0.05, 0) is 30.8 Å². The van der Waals surface area contributed by atoms with Crippen LogP contribution in [-0.2, 0) is 0 Å². The number of benzene rings is 2. The highest BCUT2D eigenvalue weighted by atomic mass is 14.9. The highest BCUT2D eigenvalue weighted by Crippen LogP contribution is 2.22. The highest BCUT2D eigenvalue weighted by molar-refractivity contribution is 6.53. The number of aryl methyl sites for hydroxylation is 2. The van der Waals surface area contributed by atoms with Crippen LogP contribution in [0.3, 0.4) is 0 Å². The second-order valence-corrected chi connectivity index (χ2v) is 5.30. The van der Waals surface area contributed by atoms with Crippen LogP contribution in [-0.4, -0.2) is 17.2 Å². The number of nitrogens with zero attached hydrogens (tertiary/aromatic N) is 1. The van der Waals surface area contributed by atoms with Crippen molar-refractivity contribution in [3.05, 3.63) is 83.2 Å². The van der Waals surface area contributed by atoms with Crippen molar-refractivity contribution in [1.29, 1.82) is 0 Å². The summed E-state index contributed by atoms with van der Waals surface area (Å²) in [6.07, 6.45) is 0. The summed E-state index contributed by atoms with van der Waals surface area (Å²) in [5.41, 5.74) is 5.66. The van der Waals surface area contributed by atoms with E-state index in [1.807, 2.05) is 19.1 Å². The first-order valence-corrected chi connectivity index (χ1v) is 7.22. The first-order valence-electron chi connectivity index (χ1n) is 7.22. The van der Waals surface area contributed by atoms with Crippen molar-refractivity contribution in [3.63, 3.8) is 0 Å². The Morgan fingerprint density at radius 2 is 1.38 bits per heavy atom. The molecule has 3 aromatic rings. The molecular formula is C18H18BN2. The van der Waals surface area contributed by atoms with Crippen molar-refractivity contribution < 1.29 is 0 Å². The SMILES string of the molecule is Cc1nc([B]C(c2ccccc2)c2ccccc2)[nH]c1C. The average molecular weight is 273 g/mol. The molecule has 0 aliphatic carbocycles. The summed E-state index contributed by atoms with van der Waals surface area (Å²) < 4.78 is 0. The zero-order valence-electron chi connectivity index (χ0n) is 12.4. The molecule has 0 aliphatic rings. The van der Waals surface area contributed by atoms with Gasteiger partial charge in [-0.2, -0.15) is 0 Å². The molecule has 103 valence electrons. The normalized spacial score (nSPS) is 10.8. The van der Waals surface area contributed by atoms with Crippen molar-refractivity contribution in [3.8, 4) is 0 Å². The lowest BCUT2D eigenvalue weighted by atomic mass is 9.58. The van der Waals surface area contributed by atoms with E-state index in [0.717, 1.165) is 17.1 Å². The predicted molar refractivity (Wildman–Crippen MR) is 88.2 cm³/mol. The zero-order chi connectivity index (χ0) is 14.7. The fourth-order valence-electron chi connectivity index (χ4n) is 2.52. The number of rotatable bonds is 4. The maximum Gasteiger partial charge on any atom is 0.215 e. The lowest BCUT2D eigenvalue weighted by molar-refractivity contribution is 1.12. The minimum Gasteiger partial charge on any atom is -0.355 e. The summed E-state index contributed by atoms with van der Waals surface area (Å²) in [4.78, 5) is 7.94. The van der Waals surface area contributed by atoms with Crippen molar-refractivity contribution in [2.75, 3.05) is 0 Å². The van der Waals surface area contributed by atoms with Crippen LogP contribution < -0.4 is 5.72 Å². The van der Waals surface area contributed by atoms with E-state index in [0.29, 0.717) is 0 Å². The van der Waals surface area contributed by atoms with Gasteiger partial charge in [-0.1, -0.05) is 60.7 Å². The molecular weight excluding hydrogens is 255 g/mol. The molecule has 1 aromatic heterocycles. The van der Waals surface area contributed by atoms with E-state index in [2.05, 4.69) is 72.7 Å². The number of imidazole rings is 1. The molecule has 21 heavy (non-hydrogen) atoms. The third kappa shape index (κ3) is 3.08. The molecule has 0 spiro atoms. The Kier molecular flexibility index (Phi) is 3.91. The Bertz CT molecular complexity index is 646. The largest absolute Gasteiger partial charge is 0.355 e. The van der Waals surface area contributed by atoms with Gasteiger partial charge in [-0.25, -0.2) is 0 Å². The third-order valence-corrected chi connectivity index (χ3v) is 3.79. The van der Waals surface area contributed by atoms with Gasteiger partial charge in [-0.15, -0.1) is 0 Å². The summed E-state index contributed by atoms with van der Waals surface area (Å²) in [6.45, 7) is 4.09. The maximum atomic E-state index is 4.59. The van der Waals surface area contributed by atoms with E-state index in [1.165, 1.54) is 11.1 Å². The van der Waals surface area contributed by atoms with Gasteiger partial charge in [0.15, 0.2) is 0 Å². The Morgan fingerprint density at radius 1 is 0.857 bits per heavy atom. The second kappa shape index (κ2) is 6.00. The van der Waals surface area contributed by atoms with Gasteiger partial charge in [-0.3, -0.25) is 4.98 Å². The third-order valence-electron chi connectivity index (χ3n) is 3.79. The Hall–Kier alpha value is -2.29. The molecule has 3 rings (SSSR count). The molecule has 2 nitrogen and oxygen atoms in total. The Labute approximate surface area is 126 Å². The van der Waals surface area contributed by atoms with E-state index in [4.69, 9.17) is 0 Å². The maximum absolute atomic E-state index is 4.59. The molecule has 0 amide bonds. The van der Waals surface area contributed by atoms with Gasteiger partial charge >= 0.3 is 0 Å². The summed E-state index contributed by atoms with van der Waals surface area (Å²) in [5, 5.41) is 0. The highest BCUT2D eigenvalue weighted by Gasteiger charge is 2.18.